The average Bonchev–Trinajstić information content (AvgIpc) is 2.60. The van der Waals surface area contributed by atoms with Gasteiger partial charge in [-0.1, -0.05) is 12.1 Å². The normalized spacial score (nSPS) is 17.6. The summed E-state index contributed by atoms with van der Waals surface area (Å²) in [5, 5.41) is 15.0. The molecule has 0 saturated carbocycles. The lowest BCUT2D eigenvalue weighted by Gasteiger charge is -2.34. The van der Waals surface area contributed by atoms with Crippen LogP contribution in [0.4, 0.5) is 0 Å². The molecule has 0 bridgehead atoms. The molecule has 1 heterocycles. The lowest BCUT2D eigenvalue weighted by molar-refractivity contribution is -0.132. The van der Waals surface area contributed by atoms with Gasteiger partial charge in [0.05, 0.1) is 12.0 Å². The Kier molecular flexibility index (Phi) is 6.37. The summed E-state index contributed by atoms with van der Waals surface area (Å²) in [4.78, 5) is 38.1. The summed E-state index contributed by atoms with van der Waals surface area (Å²) in [6.07, 6.45) is 1.28. The van der Waals surface area contributed by atoms with Crippen LogP contribution in [0.1, 0.15) is 42.6 Å². The van der Waals surface area contributed by atoms with Gasteiger partial charge in [0.2, 0.25) is 11.8 Å². The van der Waals surface area contributed by atoms with E-state index < -0.39 is 11.6 Å². The largest absolute Gasteiger partial charge is 0.390 e. The minimum absolute atomic E-state index is 0.0578. The van der Waals surface area contributed by atoms with E-state index >= 15 is 0 Å². The van der Waals surface area contributed by atoms with Crippen LogP contribution < -0.4 is 10.6 Å². The molecule has 1 aromatic carbocycles. The lowest BCUT2D eigenvalue weighted by Crippen LogP contribution is -2.58. The highest BCUT2D eigenvalue weighted by molar-refractivity contribution is 5.99. The number of piperazine rings is 1. The third-order valence-corrected chi connectivity index (χ3v) is 4.48. The Morgan fingerprint density at radius 1 is 1.31 bits per heavy atom. The van der Waals surface area contributed by atoms with Gasteiger partial charge in [-0.05, 0) is 44.4 Å². The number of aliphatic hydroxyl groups is 1. The number of hydrogen-bond donors (Lipinski definition) is 3. The van der Waals surface area contributed by atoms with E-state index in [2.05, 4.69) is 10.6 Å². The van der Waals surface area contributed by atoms with E-state index in [-0.39, 0.29) is 24.1 Å². The molecule has 1 atom stereocenters. The summed E-state index contributed by atoms with van der Waals surface area (Å²) >= 11 is 0. The van der Waals surface area contributed by atoms with Gasteiger partial charge >= 0.3 is 0 Å². The molecule has 7 heteroatoms. The Morgan fingerprint density at radius 3 is 2.54 bits per heavy atom. The van der Waals surface area contributed by atoms with Crippen LogP contribution in [0.25, 0.3) is 0 Å². The Balaban J connectivity index is 2.10. The molecule has 3 amide bonds. The zero-order valence-corrected chi connectivity index (χ0v) is 15.5. The second-order valence-electron chi connectivity index (χ2n) is 7.19. The number of carbonyl (C=O) groups is 3. The maximum absolute atomic E-state index is 12.8. The molecule has 0 aliphatic carbocycles. The van der Waals surface area contributed by atoms with Gasteiger partial charge in [-0.2, -0.15) is 0 Å². The van der Waals surface area contributed by atoms with Gasteiger partial charge in [0.25, 0.3) is 5.91 Å². The van der Waals surface area contributed by atoms with Gasteiger partial charge in [0.1, 0.15) is 6.04 Å². The molecule has 3 N–H and O–H groups in total. The van der Waals surface area contributed by atoms with Crippen LogP contribution in [0, 0.1) is 0 Å². The van der Waals surface area contributed by atoms with Crippen molar-refractivity contribution in [1.82, 2.24) is 15.5 Å². The van der Waals surface area contributed by atoms with Crippen molar-refractivity contribution < 1.29 is 19.5 Å². The quantitative estimate of drug-likeness (QED) is 0.686. The number of amides is 3. The molecular formula is C19H27N3O4. The molecule has 1 fully saturated rings. The molecule has 1 unspecified atom stereocenters. The predicted octanol–water partition coefficient (Wildman–Crippen LogP) is 0.467. The first-order valence-corrected chi connectivity index (χ1v) is 8.82. The Bertz CT molecular complexity index is 664. The number of benzene rings is 1. The summed E-state index contributed by atoms with van der Waals surface area (Å²) < 4.78 is 0. The molecule has 142 valence electrons. The first kappa shape index (κ1) is 19.9. The molecular weight excluding hydrogens is 334 g/mol. The molecule has 1 aromatic rings. The van der Waals surface area contributed by atoms with Gasteiger partial charge < -0.3 is 20.6 Å². The standard InChI is InChI=1S/C19H27N3O4/c1-19(2,26)9-8-13-4-6-14(7-5-13)18(25)22-11-10-21-17(24)15(22)12-16(23)20-3/h4-7,15,26H,8-12H2,1-3H3,(H,20,23)(H,21,24). The van der Waals surface area contributed by atoms with E-state index in [0.29, 0.717) is 31.5 Å². The fourth-order valence-electron chi connectivity index (χ4n) is 2.87. The third kappa shape index (κ3) is 5.29. The van der Waals surface area contributed by atoms with Gasteiger partial charge in [-0.15, -0.1) is 0 Å². The van der Waals surface area contributed by atoms with Crippen molar-refractivity contribution in [3.63, 3.8) is 0 Å². The number of rotatable bonds is 6. The fraction of sp³-hybridized carbons (Fsp3) is 0.526. The molecule has 0 radical (unpaired) electrons. The van der Waals surface area contributed by atoms with Gasteiger partial charge in [-0.3, -0.25) is 14.4 Å². The number of hydrogen-bond acceptors (Lipinski definition) is 4. The van der Waals surface area contributed by atoms with Crippen LogP contribution in [-0.4, -0.2) is 59.5 Å². The summed E-state index contributed by atoms with van der Waals surface area (Å²) in [7, 11) is 1.50. The Morgan fingerprint density at radius 2 is 1.96 bits per heavy atom. The van der Waals surface area contributed by atoms with Gasteiger partial charge in [0, 0.05) is 25.7 Å². The highest BCUT2D eigenvalue weighted by atomic mass is 16.3. The highest BCUT2D eigenvalue weighted by Crippen LogP contribution is 2.17. The maximum atomic E-state index is 12.8. The number of aryl methyl sites for hydroxylation is 1. The number of nitrogens with zero attached hydrogens (tertiary/aromatic N) is 1. The van der Waals surface area contributed by atoms with Crippen molar-refractivity contribution in [1.29, 1.82) is 0 Å². The molecule has 26 heavy (non-hydrogen) atoms. The van der Waals surface area contributed by atoms with Crippen LogP contribution in [0.15, 0.2) is 24.3 Å². The topological polar surface area (TPSA) is 98.7 Å². The minimum Gasteiger partial charge on any atom is -0.390 e. The Hall–Kier alpha value is -2.41. The van der Waals surface area contributed by atoms with Crippen molar-refractivity contribution in [3.8, 4) is 0 Å². The van der Waals surface area contributed by atoms with Gasteiger partial charge in [-0.25, -0.2) is 0 Å². The minimum atomic E-state index is -0.800. The first-order chi connectivity index (χ1) is 12.2. The summed E-state index contributed by atoms with van der Waals surface area (Å²) in [5.41, 5.74) is 0.776. The van der Waals surface area contributed by atoms with Gasteiger partial charge in [0.15, 0.2) is 0 Å². The van der Waals surface area contributed by atoms with E-state index in [1.54, 1.807) is 26.0 Å². The maximum Gasteiger partial charge on any atom is 0.254 e. The molecule has 1 aliphatic rings. The third-order valence-electron chi connectivity index (χ3n) is 4.48. The molecule has 0 aromatic heterocycles. The van der Waals surface area contributed by atoms with Crippen molar-refractivity contribution in [2.75, 3.05) is 20.1 Å². The first-order valence-electron chi connectivity index (χ1n) is 8.82. The van der Waals surface area contributed by atoms with E-state index in [1.165, 1.54) is 11.9 Å². The zero-order chi connectivity index (χ0) is 19.3. The second kappa shape index (κ2) is 8.31. The number of carbonyl (C=O) groups excluding carboxylic acids is 3. The van der Waals surface area contributed by atoms with E-state index in [9.17, 15) is 19.5 Å². The van der Waals surface area contributed by atoms with Crippen LogP contribution >= 0.6 is 0 Å². The lowest BCUT2D eigenvalue weighted by atomic mass is 9.98. The van der Waals surface area contributed by atoms with Crippen LogP contribution in [0.2, 0.25) is 0 Å². The van der Waals surface area contributed by atoms with Crippen molar-refractivity contribution in [2.45, 2.75) is 44.8 Å². The van der Waals surface area contributed by atoms with Crippen LogP contribution in [0.5, 0.6) is 0 Å². The Labute approximate surface area is 153 Å². The monoisotopic (exact) mass is 361 g/mol. The molecule has 1 aliphatic heterocycles. The van der Waals surface area contributed by atoms with Crippen molar-refractivity contribution in [2.24, 2.45) is 0 Å². The molecule has 0 spiro atoms. The van der Waals surface area contributed by atoms with Crippen molar-refractivity contribution >= 4 is 17.7 Å². The molecule has 7 nitrogen and oxygen atoms in total. The average molecular weight is 361 g/mol. The fourth-order valence-corrected chi connectivity index (χ4v) is 2.87. The second-order valence-corrected chi connectivity index (χ2v) is 7.19. The molecule has 2 rings (SSSR count). The summed E-state index contributed by atoms with van der Waals surface area (Å²) in [6.45, 7) is 4.27. The number of nitrogens with one attached hydrogen (secondary N) is 2. The summed E-state index contributed by atoms with van der Waals surface area (Å²) in [5.74, 6) is -0.857. The smallest absolute Gasteiger partial charge is 0.254 e. The van der Waals surface area contributed by atoms with E-state index in [0.717, 1.165) is 5.56 Å². The van der Waals surface area contributed by atoms with Crippen LogP contribution in [0.3, 0.4) is 0 Å². The van der Waals surface area contributed by atoms with Crippen LogP contribution in [-0.2, 0) is 16.0 Å². The van der Waals surface area contributed by atoms with E-state index in [1.807, 2.05) is 12.1 Å². The highest BCUT2D eigenvalue weighted by Gasteiger charge is 2.34. The van der Waals surface area contributed by atoms with E-state index in [4.69, 9.17) is 0 Å². The SMILES string of the molecule is CNC(=O)CC1C(=O)NCCN1C(=O)c1ccc(CCC(C)(C)O)cc1. The zero-order valence-electron chi connectivity index (χ0n) is 15.5. The predicted molar refractivity (Wildman–Crippen MR) is 97.6 cm³/mol. The summed E-state index contributed by atoms with van der Waals surface area (Å²) in [6, 6.07) is 6.37. The molecule has 1 saturated heterocycles. The van der Waals surface area contributed by atoms with Crippen molar-refractivity contribution in [3.05, 3.63) is 35.4 Å².